The summed E-state index contributed by atoms with van der Waals surface area (Å²) in [5, 5.41) is 4.72. The topological polar surface area (TPSA) is 34.1 Å². The van der Waals surface area contributed by atoms with Gasteiger partial charge in [0, 0.05) is 23.9 Å². The summed E-state index contributed by atoms with van der Waals surface area (Å²) in [6.45, 7) is 2.57. The number of thiophene rings is 1. The van der Waals surface area contributed by atoms with Crippen molar-refractivity contribution >= 4 is 17.2 Å². The number of nitrogens with zero attached hydrogens (tertiary/aromatic N) is 1. The van der Waals surface area contributed by atoms with Gasteiger partial charge in [-0.15, -0.1) is 11.3 Å². The van der Waals surface area contributed by atoms with Crippen LogP contribution in [0.25, 0.3) is 0 Å². The molecule has 0 atom stereocenters. The standard InChI is InChI=1S/C14H15F3N2OS/c1-2-18-12-8-10(14(15,16)17)9-13(19-12)20-6-5-11-4-3-7-21-11/h3-4,7-9H,2,5-6H2,1H3,(H,18,19). The van der Waals surface area contributed by atoms with Crippen molar-refractivity contribution in [3.05, 3.63) is 40.1 Å². The lowest BCUT2D eigenvalue weighted by Gasteiger charge is -2.12. The maximum Gasteiger partial charge on any atom is 0.416 e. The number of anilines is 1. The van der Waals surface area contributed by atoms with E-state index in [1.54, 1.807) is 18.3 Å². The summed E-state index contributed by atoms with van der Waals surface area (Å²) in [7, 11) is 0. The van der Waals surface area contributed by atoms with Crippen LogP contribution in [-0.4, -0.2) is 18.1 Å². The van der Waals surface area contributed by atoms with E-state index in [1.807, 2.05) is 17.5 Å². The molecular weight excluding hydrogens is 301 g/mol. The molecule has 0 aliphatic rings. The van der Waals surface area contributed by atoms with Gasteiger partial charge >= 0.3 is 6.18 Å². The minimum atomic E-state index is -4.42. The number of hydrogen-bond acceptors (Lipinski definition) is 4. The Morgan fingerprint density at radius 1 is 1.33 bits per heavy atom. The first-order valence-electron chi connectivity index (χ1n) is 6.47. The summed E-state index contributed by atoms with van der Waals surface area (Å²) >= 11 is 1.58. The molecule has 0 aliphatic carbocycles. The highest BCUT2D eigenvalue weighted by Gasteiger charge is 2.32. The molecule has 0 saturated heterocycles. The summed E-state index contributed by atoms with van der Waals surface area (Å²) in [6, 6.07) is 5.79. The van der Waals surface area contributed by atoms with E-state index >= 15 is 0 Å². The third-order valence-electron chi connectivity index (χ3n) is 2.67. The Labute approximate surface area is 124 Å². The molecule has 0 aliphatic heterocycles. The van der Waals surface area contributed by atoms with Gasteiger partial charge in [-0.25, -0.2) is 0 Å². The Hall–Kier alpha value is -1.76. The van der Waals surface area contributed by atoms with Crippen molar-refractivity contribution in [2.75, 3.05) is 18.5 Å². The largest absolute Gasteiger partial charge is 0.477 e. The molecule has 0 fully saturated rings. The molecule has 2 heterocycles. The monoisotopic (exact) mass is 316 g/mol. The Bertz CT molecular complexity index is 570. The van der Waals surface area contributed by atoms with Crippen LogP contribution in [-0.2, 0) is 12.6 Å². The van der Waals surface area contributed by atoms with Gasteiger partial charge < -0.3 is 10.1 Å². The van der Waals surface area contributed by atoms with Crippen molar-refractivity contribution in [3.8, 4) is 5.88 Å². The highest BCUT2D eigenvalue weighted by molar-refractivity contribution is 7.09. The molecule has 0 radical (unpaired) electrons. The predicted molar refractivity (Wildman–Crippen MR) is 76.9 cm³/mol. The van der Waals surface area contributed by atoms with Crippen molar-refractivity contribution in [1.29, 1.82) is 0 Å². The number of hydrogen-bond donors (Lipinski definition) is 1. The lowest BCUT2D eigenvalue weighted by molar-refractivity contribution is -0.137. The molecule has 2 aromatic rings. The van der Waals surface area contributed by atoms with Crippen LogP contribution in [0.2, 0.25) is 0 Å². The Kier molecular flexibility index (Phi) is 5.06. The predicted octanol–water partition coefficient (Wildman–Crippen LogP) is 4.22. The van der Waals surface area contributed by atoms with E-state index in [4.69, 9.17) is 4.74 Å². The molecule has 0 unspecified atom stereocenters. The van der Waals surface area contributed by atoms with Crippen molar-refractivity contribution in [2.24, 2.45) is 0 Å². The Morgan fingerprint density at radius 3 is 2.76 bits per heavy atom. The van der Waals surface area contributed by atoms with Gasteiger partial charge in [0.1, 0.15) is 5.82 Å². The van der Waals surface area contributed by atoms with Crippen LogP contribution in [0.3, 0.4) is 0 Å². The number of aromatic nitrogens is 1. The molecule has 114 valence electrons. The van der Waals surface area contributed by atoms with Crippen LogP contribution >= 0.6 is 11.3 Å². The smallest absolute Gasteiger partial charge is 0.416 e. The fourth-order valence-electron chi connectivity index (χ4n) is 1.73. The fourth-order valence-corrected chi connectivity index (χ4v) is 2.42. The maximum atomic E-state index is 12.8. The highest BCUT2D eigenvalue weighted by atomic mass is 32.1. The maximum absolute atomic E-state index is 12.8. The molecular formula is C14H15F3N2OS. The average Bonchev–Trinajstić information content (AvgIpc) is 2.91. The first-order valence-corrected chi connectivity index (χ1v) is 7.35. The summed E-state index contributed by atoms with van der Waals surface area (Å²) in [5.41, 5.74) is -0.764. The van der Waals surface area contributed by atoms with Gasteiger partial charge in [0.15, 0.2) is 0 Å². The second kappa shape index (κ2) is 6.80. The van der Waals surface area contributed by atoms with E-state index in [1.165, 1.54) is 0 Å². The van der Waals surface area contributed by atoms with Gasteiger partial charge in [0.25, 0.3) is 0 Å². The second-order valence-electron chi connectivity index (χ2n) is 4.29. The minimum Gasteiger partial charge on any atom is -0.477 e. The van der Waals surface area contributed by atoms with Crippen LogP contribution in [0.5, 0.6) is 5.88 Å². The molecule has 1 N–H and O–H groups in total. The summed E-state index contributed by atoms with van der Waals surface area (Å²) in [5.74, 6) is 0.149. The molecule has 0 spiro atoms. The summed E-state index contributed by atoms with van der Waals surface area (Å²) in [4.78, 5) is 5.14. The first-order chi connectivity index (χ1) is 9.99. The van der Waals surface area contributed by atoms with Gasteiger partial charge in [0.05, 0.1) is 12.2 Å². The zero-order valence-corrected chi connectivity index (χ0v) is 12.2. The van der Waals surface area contributed by atoms with Gasteiger partial charge in [-0.05, 0) is 24.4 Å². The fraction of sp³-hybridized carbons (Fsp3) is 0.357. The number of rotatable bonds is 6. The molecule has 0 aromatic carbocycles. The normalized spacial score (nSPS) is 11.4. The molecule has 21 heavy (non-hydrogen) atoms. The van der Waals surface area contributed by atoms with Crippen molar-refractivity contribution in [3.63, 3.8) is 0 Å². The Balaban J connectivity index is 2.08. The number of halogens is 3. The molecule has 0 bridgehead atoms. The van der Waals surface area contributed by atoms with Crippen LogP contribution in [0.4, 0.5) is 19.0 Å². The Morgan fingerprint density at radius 2 is 2.14 bits per heavy atom. The van der Waals surface area contributed by atoms with Gasteiger partial charge in [0.2, 0.25) is 5.88 Å². The second-order valence-corrected chi connectivity index (χ2v) is 5.32. The van der Waals surface area contributed by atoms with Crippen LogP contribution < -0.4 is 10.1 Å². The lowest BCUT2D eigenvalue weighted by Crippen LogP contribution is -2.10. The number of pyridine rings is 1. The van der Waals surface area contributed by atoms with Crippen molar-refractivity contribution in [1.82, 2.24) is 4.98 Å². The van der Waals surface area contributed by atoms with E-state index in [9.17, 15) is 13.2 Å². The van der Waals surface area contributed by atoms with Crippen LogP contribution in [0.1, 0.15) is 17.4 Å². The van der Waals surface area contributed by atoms with E-state index in [2.05, 4.69) is 10.3 Å². The van der Waals surface area contributed by atoms with E-state index in [0.717, 1.165) is 17.0 Å². The summed E-state index contributed by atoms with van der Waals surface area (Å²) in [6.07, 6.45) is -3.77. The van der Waals surface area contributed by atoms with Gasteiger partial charge in [-0.3, -0.25) is 0 Å². The molecule has 3 nitrogen and oxygen atoms in total. The van der Waals surface area contributed by atoms with E-state index in [-0.39, 0.29) is 11.7 Å². The molecule has 7 heteroatoms. The lowest BCUT2D eigenvalue weighted by atomic mass is 10.2. The first kappa shape index (κ1) is 15.6. The third kappa shape index (κ3) is 4.63. The minimum absolute atomic E-state index is 0.0164. The van der Waals surface area contributed by atoms with Gasteiger partial charge in [-0.1, -0.05) is 6.07 Å². The summed E-state index contributed by atoms with van der Waals surface area (Å²) < 4.78 is 43.8. The molecule has 0 amide bonds. The highest BCUT2D eigenvalue weighted by Crippen LogP contribution is 2.32. The van der Waals surface area contributed by atoms with Gasteiger partial charge in [-0.2, -0.15) is 18.2 Å². The molecule has 0 saturated carbocycles. The van der Waals surface area contributed by atoms with Crippen LogP contribution in [0.15, 0.2) is 29.6 Å². The van der Waals surface area contributed by atoms with E-state index < -0.39 is 11.7 Å². The van der Waals surface area contributed by atoms with Crippen LogP contribution in [0, 0.1) is 0 Å². The molecule has 2 rings (SSSR count). The van der Waals surface area contributed by atoms with E-state index in [0.29, 0.717) is 19.6 Å². The molecule has 2 aromatic heterocycles. The average molecular weight is 316 g/mol. The van der Waals surface area contributed by atoms with Crippen molar-refractivity contribution in [2.45, 2.75) is 19.5 Å². The quantitative estimate of drug-likeness (QED) is 0.866. The third-order valence-corrected chi connectivity index (χ3v) is 3.60. The number of ether oxygens (including phenoxy) is 1. The van der Waals surface area contributed by atoms with Crippen molar-refractivity contribution < 1.29 is 17.9 Å². The zero-order chi connectivity index (χ0) is 15.3. The number of alkyl halides is 3. The zero-order valence-electron chi connectivity index (χ0n) is 11.4. The number of nitrogens with one attached hydrogen (secondary N) is 1. The SMILES string of the molecule is CCNc1cc(C(F)(F)F)cc(OCCc2cccs2)n1.